The summed E-state index contributed by atoms with van der Waals surface area (Å²) in [5.41, 5.74) is 1.77. The normalized spacial score (nSPS) is 16.6. The van der Waals surface area contributed by atoms with Gasteiger partial charge in [-0.25, -0.2) is 5.01 Å². The van der Waals surface area contributed by atoms with Gasteiger partial charge in [-0.2, -0.15) is 13.4 Å². The lowest BCUT2D eigenvalue weighted by molar-refractivity contribution is -0.116. The molecule has 138 valence electrons. The van der Waals surface area contributed by atoms with Crippen molar-refractivity contribution in [3.05, 3.63) is 53.1 Å². The highest BCUT2D eigenvalue weighted by Crippen LogP contribution is 2.34. The SMILES string of the molecule is Cc1c(Cl)cccc1NC(=O)CN1C=NC2=NS(=O)(=O)c3ccccc3N21. The number of fused-ring (bicyclic) bond motifs is 3. The van der Waals surface area contributed by atoms with Crippen LogP contribution in [0.4, 0.5) is 11.4 Å². The van der Waals surface area contributed by atoms with Crippen molar-refractivity contribution in [3.63, 3.8) is 0 Å². The fourth-order valence-electron chi connectivity index (χ4n) is 2.85. The molecule has 0 aromatic heterocycles. The second-order valence-corrected chi connectivity index (χ2v) is 7.93. The Bertz CT molecular complexity index is 1110. The number of halogens is 1. The zero-order chi connectivity index (χ0) is 19.2. The summed E-state index contributed by atoms with van der Waals surface area (Å²) >= 11 is 6.08. The number of guanidine groups is 1. The lowest BCUT2D eigenvalue weighted by Crippen LogP contribution is -2.46. The first-order chi connectivity index (χ1) is 12.9. The number of aliphatic imine (C=N–C) groups is 1. The fraction of sp³-hybridized carbons (Fsp3) is 0.118. The van der Waals surface area contributed by atoms with Crippen LogP contribution in [-0.4, -0.2) is 38.2 Å². The molecule has 8 nitrogen and oxygen atoms in total. The van der Waals surface area contributed by atoms with Gasteiger partial charge in [-0.05, 0) is 36.8 Å². The minimum Gasteiger partial charge on any atom is -0.324 e. The van der Waals surface area contributed by atoms with Crippen LogP contribution in [0.25, 0.3) is 0 Å². The molecule has 0 bridgehead atoms. The molecule has 2 aliphatic heterocycles. The molecule has 2 aromatic rings. The molecule has 1 N–H and O–H groups in total. The summed E-state index contributed by atoms with van der Waals surface area (Å²) in [5, 5.41) is 6.36. The van der Waals surface area contributed by atoms with E-state index in [0.717, 1.165) is 5.56 Å². The summed E-state index contributed by atoms with van der Waals surface area (Å²) in [6.07, 6.45) is 1.38. The number of hydrogen-bond donors (Lipinski definition) is 1. The van der Waals surface area contributed by atoms with Gasteiger partial charge in [0.25, 0.3) is 16.0 Å². The maximum atomic E-state index is 12.5. The molecule has 0 unspecified atom stereocenters. The van der Waals surface area contributed by atoms with Gasteiger partial charge >= 0.3 is 0 Å². The lowest BCUT2D eigenvalue weighted by Gasteiger charge is -2.31. The van der Waals surface area contributed by atoms with Crippen LogP contribution < -0.4 is 10.3 Å². The number of anilines is 2. The number of carbonyl (C=O) groups is 1. The Kier molecular flexibility index (Phi) is 4.12. The van der Waals surface area contributed by atoms with Gasteiger partial charge in [-0.3, -0.25) is 9.80 Å². The van der Waals surface area contributed by atoms with Gasteiger partial charge in [-0.1, -0.05) is 29.8 Å². The van der Waals surface area contributed by atoms with Crippen LogP contribution in [0.1, 0.15) is 5.56 Å². The highest BCUT2D eigenvalue weighted by Gasteiger charge is 2.36. The lowest BCUT2D eigenvalue weighted by atomic mass is 10.2. The van der Waals surface area contributed by atoms with Crippen molar-refractivity contribution in [2.24, 2.45) is 9.39 Å². The summed E-state index contributed by atoms with van der Waals surface area (Å²) < 4.78 is 28.2. The number of benzene rings is 2. The molecule has 0 aliphatic carbocycles. The highest BCUT2D eigenvalue weighted by molar-refractivity contribution is 7.90. The minimum absolute atomic E-state index is 0.000404. The summed E-state index contributed by atoms with van der Waals surface area (Å²) in [4.78, 5) is 16.6. The van der Waals surface area contributed by atoms with Crippen LogP contribution >= 0.6 is 11.6 Å². The first kappa shape index (κ1) is 17.5. The van der Waals surface area contributed by atoms with Gasteiger partial charge in [0.1, 0.15) is 17.8 Å². The first-order valence-corrected chi connectivity index (χ1v) is 9.78. The molecule has 0 fully saturated rings. The average molecular weight is 404 g/mol. The molecule has 2 heterocycles. The molecular weight excluding hydrogens is 390 g/mol. The maximum absolute atomic E-state index is 12.5. The largest absolute Gasteiger partial charge is 0.324 e. The number of hydrogen-bond acceptors (Lipinski definition) is 6. The van der Waals surface area contributed by atoms with Gasteiger partial charge in [0.2, 0.25) is 5.91 Å². The Balaban J connectivity index is 1.59. The maximum Gasteiger partial charge on any atom is 0.287 e. The van der Waals surface area contributed by atoms with Crippen molar-refractivity contribution in [3.8, 4) is 0 Å². The van der Waals surface area contributed by atoms with Crippen LogP contribution in [0, 0.1) is 6.92 Å². The number of carbonyl (C=O) groups excluding carboxylic acids is 1. The van der Waals surface area contributed by atoms with E-state index in [0.29, 0.717) is 16.4 Å². The van der Waals surface area contributed by atoms with Crippen molar-refractivity contribution in [2.75, 3.05) is 16.9 Å². The van der Waals surface area contributed by atoms with E-state index >= 15 is 0 Å². The first-order valence-electron chi connectivity index (χ1n) is 7.97. The smallest absolute Gasteiger partial charge is 0.287 e. The van der Waals surface area contributed by atoms with E-state index in [2.05, 4.69) is 14.7 Å². The molecule has 10 heteroatoms. The zero-order valence-corrected chi connectivity index (χ0v) is 15.7. The van der Waals surface area contributed by atoms with Crippen LogP contribution in [0.3, 0.4) is 0 Å². The minimum atomic E-state index is -3.82. The van der Waals surface area contributed by atoms with Gasteiger partial charge in [0.05, 0.1) is 5.69 Å². The third kappa shape index (κ3) is 3.04. The quantitative estimate of drug-likeness (QED) is 0.849. The molecule has 0 radical (unpaired) electrons. The molecule has 2 aliphatic rings. The number of sulfonamides is 1. The Morgan fingerprint density at radius 2 is 1.96 bits per heavy atom. The average Bonchev–Trinajstić information content (AvgIpc) is 3.00. The van der Waals surface area contributed by atoms with E-state index in [4.69, 9.17) is 11.6 Å². The summed E-state index contributed by atoms with van der Waals surface area (Å²) in [5.74, 6) is -0.306. The molecule has 0 atom stereocenters. The molecular formula is C17H14ClN5O3S. The Hall–Kier alpha value is -2.91. The monoisotopic (exact) mass is 403 g/mol. The van der Waals surface area contributed by atoms with Crippen molar-refractivity contribution in [2.45, 2.75) is 11.8 Å². The number of rotatable bonds is 3. The number of amides is 1. The van der Waals surface area contributed by atoms with E-state index in [-0.39, 0.29) is 23.3 Å². The van der Waals surface area contributed by atoms with Crippen molar-refractivity contribution >= 4 is 51.2 Å². The van der Waals surface area contributed by atoms with E-state index in [1.54, 1.807) is 36.4 Å². The number of para-hydroxylation sites is 1. The predicted octanol–water partition coefficient (Wildman–Crippen LogP) is 2.41. The van der Waals surface area contributed by atoms with Crippen LogP contribution in [0.5, 0.6) is 0 Å². The third-order valence-electron chi connectivity index (χ3n) is 4.17. The third-order valence-corrected chi connectivity index (χ3v) is 5.89. The van der Waals surface area contributed by atoms with E-state index in [9.17, 15) is 13.2 Å². The number of nitrogens with zero attached hydrogens (tertiary/aromatic N) is 4. The second kappa shape index (κ2) is 6.36. The molecule has 1 amide bonds. The molecule has 27 heavy (non-hydrogen) atoms. The number of hydrazine groups is 1. The van der Waals surface area contributed by atoms with Crippen LogP contribution in [-0.2, 0) is 14.8 Å². The van der Waals surface area contributed by atoms with Gasteiger partial charge in [-0.15, -0.1) is 4.40 Å². The summed E-state index contributed by atoms with van der Waals surface area (Å²) in [6, 6.07) is 11.7. The molecule has 0 saturated carbocycles. The Morgan fingerprint density at radius 3 is 2.78 bits per heavy atom. The summed E-state index contributed by atoms with van der Waals surface area (Å²) in [7, 11) is -3.82. The molecule has 4 rings (SSSR count). The van der Waals surface area contributed by atoms with Crippen molar-refractivity contribution in [1.29, 1.82) is 0 Å². The van der Waals surface area contributed by atoms with Crippen molar-refractivity contribution in [1.82, 2.24) is 5.01 Å². The molecule has 0 spiro atoms. The molecule has 0 saturated heterocycles. The second-order valence-electron chi connectivity index (χ2n) is 5.95. The fourth-order valence-corrected chi connectivity index (χ4v) is 4.13. The molecule has 2 aromatic carbocycles. The number of nitrogens with one attached hydrogen (secondary N) is 1. The standard InChI is InChI=1S/C17H14ClN5O3S/c1-11-12(18)5-4-6-13(11)20-16(24)9-22-10-19-17-21-27(25,26)15-8-3-2-7-14(15)23(17)22/h2-8,10H,9H2,1H3,(H,20,24). The predicted molar refractivity (Wildman–Crippen MR) is 104 cm³/mol. The van der Waals surface area contributed by atoms with E-state index in [1.807, 2.05) is 6.92 Å². The topological polar surface area (TPSA) is 94.4 Å². The highest BCUT2D eigenvalue weighted by atomic mass is 35.5. The van der Waals surface area contributed by atoms with E-state index < -0.39 is 10.0 Å². The van der Waals surface area contributed by atoms with Gasteiger partial charge in [0, 0.05) is 10.7 Å². The summed E-state index contributed by atoms with van der Waals surface area (Å²) in [6.45, 7) is 1.73. The Morgan fingerprint density at radius 1 is 1.19 bits per heavy atom. The van der Waals surface area contributed by atoms with Crippen molar-refractivity contribution < 1.29 is 13.2 Å². The van der Waals surface area contributed by atoms with Crippen LogP contribution in [0.2, 0.25) is 5.02 Å². The van der Waals surface area contributed by atoms with Crippen LogP contribution in [0.15, 0.2) is 56.8 Å². The van der Waals surface area contributed by atoms with Gasteiger partial charge in [0.15, 0.2) is 0 Å². The van der Waals surface area contributed by atoms with Gasteiger partial charge < -0.3 is 5.32 Å². The zero-order valence-electron chi connectivity index (χ0n) is 14.1. The Labute approximate surface area is 160 Å². The van der Waals surface area contributed by atoms with E-state index in [1.165, 1.54) is 22.4 Å².